The van der Waals surface area contributed by atoms with Crippen molar-refractivity contribution in [1.82, 2.24) is 0 Å². The molecule has 0 unspecified atom stereocenters. The third-order valence-electron chi connectivity index (χ3n) is 2.43. The fourth-order valence-electron chi connectivity index (χ4n) is 1.50. The quantitative estimate of drug-likeness (QED) is 0.677. The molecule has 0 aliphatic rings. The van der Waals surface area contributed by atoms with Crippen LogP contribution in [0.5, 0.6) is 0 Å². The van der Waals surface area contributed by atoms with Gasteiger partial charge in [0.1, 0.15) is 12.9 Å². The Hall–Kier alpha value is -1.96. The molecule has 0 fully saturated rings. The minimum absolute atomic E-state index is 0.197. The average Bonchev–Trinajstić information content (AvgIpc) is 2.30. The van der Waals surface area contributed by atoms with Gasteiger partial charge in [0.15, 0.2) is 6.20 Å². The lowest BCUT2D eigenvalue weighted by molar-refractivity contribution is -0.673. The Morgan fingerprint density at radius 2 is 1.75 bits per heavy atom. The SMILES string of the molecule is C[n+]1ccccc1C=Cc1ccccc1F. The molecular weight excluding hydrogens is 201 g/mol. The fraction of sp³-hybridized carbons (Fsp3) is 0.0714. The summed E-state index contributed by atoms with van der Waals surface area (Å²) >= 11 is 0. The molecule has 0 aliphatic carbocycles. The van der Waals surface area contributed by atoms with Gasteiger partial charge in [-0.3, -0.25) is 0 Å². The zero-order valence-electron chi connectivity index (χ0n) is 9.10. The highest BCUT2D eigenvalue weighted by Gasteiger charge is 2.00. The number of benzene rings is 1. The van der Waals surface area contributed by atoms with E-state index in [1.54, 1.807) is 18.2 Å². The van der Waals surface area contributed by atoms with Gasteiger partial charge in [0.2, 0.25) is 5.69 Å². The summed E-state index contributed by atoms with van der Waals surface area (Å²) in [4.78, 5) is 0. The minimum Gasteiger partial charge on any atom is -0.206 e. The van der Waals surface area contributed by atoms with Crippen molar-refractivity contribution in [2.75, 3.05) is 0 Å². The Kier molecular flexibility index (Phi) is 3.10. The highest BCUT2D eigenvalue weighted by atomic mass is 19.1. The van der Waals surface area contributed by atoms with Crippen LogP contribution in [0.2, 0.25) is 0 Å². The second-order valence-corrected chi connectivity index (χ2v) is 3.59. The summed E-state index contributed by atoms with van der Waals surface area (Å²) < 4.78 is 15.3. The van der Waals surface area contributed by atoms with E-state index in [4.69, 9.17) is 0 Å². The van der Waals surface area contributed by atoms with Crippen molar-refractivity contribution >= 4 is 12.2 Å². The summed E-state index contributed by atoms with van der Waals surface area (Å²) in [6, 6.07) is 12.6. The van der Waals surface area contributed by atoms with Crippen LogP contribution in [0, 0.1) is 5.82 Å². The first-order valence-corrected chi connectivity index (χ1v) is 5.14. The van der Waals surface area contributed by atoms with Crippen LogP contribution < -0.4 is 4.57 Å². The molecule has 2 heteroatoms. The maximum absolute atomic E-state index is 13.3. The Morgan fingerprint density at radius 1 is 1.00 bits per heavy atom. The number of rotatable bonds is 2. The maximum atomic E-state index is 13.3. The molecule has 0 saturated heterocycles. The Labute approximate surface area is 94.5 Å². The summed E-state index contributed by atoms with van der Waals surface area (Å²) in [5, 5.41) is 0. The van der Waals surface area contributed by atoms with E-state index in [1.165, 1.54) is 6.07 Å². The monoisotopic (exact) mass is 214 g/mol. The molecule has 0 aliphatic heterocycles. The summed E-state index contributed by atoms with van der Waals surface area (Å²) in [5.41, 5.74) is 1.64. The van der Waals surface area contributed by atoms with Gasteiger partial charge in [-0.05, 0) is 18.2 Å². The lowest BCUT2D eigenvalue weighted by Crippen LogP contribution is -2.30. The Bertz CT molecular complexity index is 470. The number of aryl methyl sites for hydroxylation is 1. The first-order chi connectivity index (χ1) is 7.77. The van der Waals surface area contributed by atoms with Crippen LogP contribution in [0.25, 0.3) is 12.2 Å². The molecule has 1 aromatic carbocycles. The number of halogens is 1. The lowest BCUT2D eigenvalue weighted by atomic mass is 10.2. The summed E-state index contributed by atoms with van der Waals surface area (Å²) in [6.45, 7) is 0. The van der Waals surface area contributed by atoms with E-state index in [9.17, 15) is 4.39 Å². The van der Waals surface area contributed by atoms with Crippen molar-refractivity contribution in [3.8, 4) is 0 Å². The van der Waals surface area contributed by atoms with Crippen molar-refractivity contribution in [2.45, 2.75) is 0 Å². The Morgan fingerprint density at radius 3 is 2.50 bits per heavy atom. The van der Waals surface area contributed by atoms with E-state index >= 15 is 0 Å². The number of pyridine rings is 1. The Balaban J connectivity index is 2.29. The van der Waals surface area contributed by atoms with Crippen molar-refractivity contribution in [1.29, 1.82) is 0 Å². The summed E-state index contributed by atoms with van der Waals surface area (Å²) in [5.74, 6) is -0.197. The zero-order valence-corrected chi connectivity index (χ0v) is 9.10. The fourth-order valence-corrected chi connectivity index (χ4v) is 1.50. The van der Waals surface area contributed by atoms with E-state index in [-0.39, 0.29) is 5.82 Å². The predicted molar refractivity (Wildman–Crippen MR) is 62.9 cm³/mol. The molecule has 0 spiro atoms. The first-order valence-electron chi connectivity index (χ1n) is 5.14. The normalized spacial score (nSPS) is 10.9. The van der Waals surface area contributed by atoms with Crippen molar-refractivity contribution < 1.29 is 8.96 Å². The topological polar surface area (TPSA) is 3.88 Å². The van der Waals surface area contributed by atoms with Crippen LogP contribution in [0.1, 0.15) is 11.3 Å². The van der Waals surface area contributed by atoms with Gasteiger partial charge in [-0.15, -0.1) is 0 Å². The number of hydrogen-bond donors (Lipinski definition) is 0. The van der Waals surface area contributed by atoms with Gasteiger partial charge < -0.3 is 0 Å². The lowest BCUT2D eigenvalue weighted by Gasteiger charge is -1.95. The van der Waals surface area contributed by atoms with Crippen LogP contribution in [-0.4, -0.2) is 0 Å². The molecule has 1 aromatic heterocycles. The van der Waals surface area contributed by atoms with E-state index in [2.05, 4.69) is 0 Å². The molecule has 1 heterocycles. The van der Waals surface area contributed by atoms with Crippen molar-refractivity contribution in [2.24, 2.45) is 7.05 Å². The highest BCUT2D eigenvalue weighted by molar-refractivity contribution is 5.67. The van der Waals surface area contributed by atoms with E-state index in [0.29, 0.717) is 5.56 Å². The predicted octanol–water partition coefficient (Wildman–Crippen LogP) is 2.82. The standard InChI is InChI=1S/C14H13FN/c1-16-11-5-4-7-13(16)10-9-12-6-2-3-8-14(12)15/h2-11H,1H3/q+1. The van der Waals surface area contributed by atoms with Crippen molar-refractivity contribution in [3.05, 3.63) is 65.7 Å². The summed E-state index contributed by atoms with van der Waals surface area (Å²) in [7, 11) is 1.96. The van der Waals surface area contributed by atoms with Crippen LogP contribution in [0.15, 0.2) is 48.7 Å². The minimum atomic E-state index is -0.197. The molecule has 0 atom stereocenters. The first kappa shape index (κ1) is 10.6. The van der Waals surface area contributed by atoms with Gasteiger partial charge in [-0.25, -0.2) is 8.96 Å². The molecule has 1 nitrogen and oxygen atoms in total. The summed E-state index contributed by atoms with van der Waals surface area (Å²) in [6.07, 6.45) is 5.64. The van der Waals surface area contributed by atoms with Gasteiger partial charge >= 0.3 is 0 Å². The second kappa shape index (κ2) is 4.71. The highest BCUT2D eigenvalue weighted by Crippen LogP contribution is 2.09. The van der Waals surface area contributed by atoms with Gasteiger partial charge in [0.25, 0.3) is 0 Å². The van der Waals surface area contributed by atoms with Crippen molar-refractivity contribution in [3.63, 3.8) is 0 Å². The largest absolute Gasteiger partial charge is 0.206 e. The zero-order chi connectivity index (χ0) is 11.4. The van der Waals surface area contributed by atoms with Gasteiger partial charge in [-0.2, -0.15) is 0 Å². The molecule has 80 valence electrons. The van der Waals surface area contributed by atoms with E-state index in [0.717, 1.165) is 5.69 Å². The molecule has 0 saturated carbocycles. The van der Waals surface area contributed by atoms with Gasteiger partial charge in [0, 0.05) is 23.8 Å². The third kappa shape index (κ3) is 2.34. The number of nitrogens with zero attached hydrogens (tertiary/aromatic N) is 1. The maximum Gasteiger partial charge on any atom is 0.204 e. The van der Waals surface area contributed by atoms with Crippen LogP contribution in [0.4, 0.5) is 4.39 Å². The van der Waals surface area contributed by atoms with E-state index in [1.807, 2.05) is 48.2 Å². The second-order valence-electron chi connectivity index (χ2n) is 3.59. The van der Waals surface area contributed by atoms with Gasteiger partial charge in [-0.1, -0.05) is 18.2 Å². The number of hydrogen-bond acceptors (Lipinski definition) is 0. The molecule has 0 N–H and O–H groups in total. The molecule has 16 heavy (non-hydrogen) atoms. The van der Waals surface area contributed by atoms with Crippen LogP contribution in [0.3, 0.4) is 0 Å². The third-order valence-corrected chi connectivity index (χ3v) is 2.43. The van der Waals surface area contributed by atoms with Crippen LogP contribution >= 0.6 is 0 Å². The smallest absolute Gasteiger partial charge is 0.204 e. The molecule has 0 amide bonds. The average molecular weight is 214 g/mol. The van der Waals surface area contributed by atoms with Crippen LogP contribution in [-0.2, 0) is 7.05 Å². The van der Waals surface area contributed by atoms with Gasteiger partial charge in [0.05, 0.1) is 0 Å². The molecule has 0 bridgehead atoms. The molecule has 2 aromatic rings. The number of aromatic nitrogens is 1. The molecular formula is C14H13FN+. The molecule has 0 radical (unpaired) electrons. The molecule has 2 rings (SSSR count). The van der Waals surface area contributed by atoms with E-state index < -0.39 is 0 Å².